The Morgan fingerprint density at radius 2 is 2.00 bits per heavy atom. The van der Waals surface area contributed by atoms with E-state index in [9.17, 15) is 19.5 Å². The minimum atomic E-state index is -0.892. The number of amides is 2. The number of fused-ring (bicyclic) bond motifs is 4. The zero-order valence-electron chi connectivity index (χ0n) is 23.2. The molecular weight excluding hydrogens is 576 g/mol. The van der Waals surface area contributed by atoms with E-state index >= 15 is 0 Å². The highest BCUT2D eigenvalue weighted by Gasteiger charge is 2.24. The fraction of sp³-hybridized carbons (Fsp3) is 0.276. The zero-order valence-corrected chi connectivity index (χ0v) is 23.9. The van der Waals surface area contributed by atoms with Crippen molar-refractivity contribution < 1.29 is 24.2 Å². The molecule has 2 aromatic carbocycles. The molecule has 14 heteroatoms. The fourth-order valence-electron chi connectivity index (χ4n) is 5.04. The highest BCUT2D eigenvalue weighted by molar-refractivity contribution is 6.30. The molecule has 222 valence electrons. The Kier molecular flexibility index (Phi) is 9.11. The van der Waals surface area contributed by atoms with Crippen LogP contribution in [0.5, 0.6) is 0 Å². The predicted octanol–water partition coefficient (Wildman–Crippen LogP) is 4.57. The van der Waals surface area contributed by atoms with Crippen LogP contribution in [0.1, 0.15) is 48.7 Å². The number of H-pyrrole nitrogens is 1. The number of hydrogen-bond acceptors (Lipinski definition) is 8. The van der Waals surface area contributed by atoms with E-state index < -0.39 is 24.0 Å². The third-order valence-electron chi connectivity index (χ3n) is 7.18. The van der Waals surface area contributed by atoms with Gasteiger partial charge in [0.25, 0.3) is 0 Å². The van der Waals surface area contributed by atoms with Crippen molar-refractivity contribution in [3.05, 3.63) is 77.0 Å². The Balaban J connectivity index is 1.41. The number of ether oxygens (including phenoxy) is 1. The molecule has 1 aliphatic rings. The van der Waals surface area contributed by atoms with Crippen LogP contribution < -0.4 is 10.6 Å². The number of benzene rings is 2. The van der Waals surface area contributed by atoms with Crippen molar-refractivity contribution in [3.63, 3.8) is 0 Å². The molecule has 0 spiro atoms. The molecule has 1 aliphatic heterocycles. The third-order valence-corrected chi connectivity index (χ3v) is 7.41. The lowest BCUT2D eigenvalue weighted by molar-refractivity contribution is -0.142. The van der Waals surface area contributed by atoms with Crippen LogP contribution in [0.15, 0.2) is 55.0 Å². The number of carboxylic acids is 1. The fourth-order valence-corrected chi connectivity index (χ4v) is 5.22. The second-order valence-electron chi connectivity index (χ2n) is 10.0. The molecule has 2 amide bonds. The van der Waals surface area contributed by atoms with Gasteiger partial charge < -0.3 is 20.1 Å². The Labute approximate surface area is 251 Å². The number of aromatic amines is 1. The number of halogens is 1. The summed E-state index contributed by atoms with van der Waals surface area (Å²) >= 11 is 6.20. The van der Waals surface area contributed by atoms with Crippen molar-refractivity contribution >= 4 is 41.3 Å². The molecular formula is C29H29ClN8O5. The summed E-state index contributed by atoms with van der Waals surface area (Å²) in [5.41, 5.74) is 3.94. The molecule has 5 rings (SSSR count). The van der Waals surface area contributed by atoms with Crippen LogP contribution in [-0.2, 0) is 20.7 Å². The SMILES string of the molecule is COC(=O)Nc1ccc2c(c1)CC(C(=O)O)CCCC[C@H](NC(=O)C=Cc1cc(Cl)ccc1-n1cnnn1)c1ncc-2[nH]1. The van der Waals surface area contributed by atoms with Crippen molar-refractivity contribution in [2.24, 2.45) is 5.92 Å². The van der Waals surface area contributed by atoms with Gasteiger partial charge in [0.2, 0.25) is 5.91 Å². The number of carboxylic acid groups (broad SMARTS) is 1. The number of tetrazole rings is 1. The molecule has 2 atom stereocenters. The monoisotopic (exact) mass is 604 g/mol. The standard InChI is InChI=1S/C29H29ClN8O5/c1-43-29(42)33-21-8-9-22-19(14-21)12-18(28(40)41)4-2-3-5-23(27-31-15-24(22)35-27)34-26(39)11-6-17-13-20(30)7-10-25(17)38-16-32-36-37-38/h6-11,13-16,18,23H,2-5,12H2,1H3,(H,31,35)(H,33,42)(H,34,39)(H,40,41)/t18?,23-/m0/s1. The maximum atomic E-state index is 13.1. The van der Waals surface area contributed by atoms with Crippen LogP contribution in [0.3, 0.4) is 0 Å². The topological polar surface area (TPSA) is 177 Å². The molecule has 0 radical (unpaired) electrons. The van der Waals surface area contributed by atoms with Gasteiger partial charge in [-0.25, -0.2) is 9.78 Å². The molecule has 0 fully saturated rings. The number of methoxy groups -OCH3 is 1. The first kappa shape index (κ1) is 29.5. The van der Waals surface area contributed by atoms with E-state index in [2.05, 4.69) is 36.1 Å². The van der Waals surface area contributed by atoms with Gasteiger partial charge in [-0.1, -0.05) is 30.5 Å². The van der Waals surface area contributed by atoms with E-state index in [0.717, 1.165) is 11.1 Å². The third kappa shape index (κ3) is 7.25. The van der Waals surface area contributed by atoms with Crippen LogP contribution in [0.25, 0.3) is 23.0 Å². The lowest BCUT2D eigenvalue weighted by Crippen LogP contribution is -2.28. The lowest BCUT2D eigenvalue weighted by Gasteiger charge is -2.19. The smallest absolute Gasteiger partial charge is 0.411 e. The molecule has 0 saturated heterocycles. The number of hydrogen-bond donors (Lipinski definition) is 4. The van der Waals surface area contributed by atoms with Crippen molar-refractivity contribution in [2.75, 3.05) is 12.4 Å². The molecule has 3 heterocycles. The van der Waals surface area contributed by atoms with Gasteiger partial charge in [0, 0.05) is 27.9 Å². The molecule has 1 unspecified atom stereocenters. The summed E-state index contributed by atoms with van der Waals surface area (Å²) in [6.07, 6.45) is 8.12. The molecule has 0 saturated carbocycles. The second-order valence-corrected chi connectivity index (χ2v) is 10.5. The van der Waals surface area contributed by atoms with Gasteiger partial charge in [-0.15, -0.1) is 5.10 Å². The Bertz CT molecular complexity index is 1650. The number of carbonyl (C=O) groups is 3. The van der Waals surface area contributed by atoms with Gasteiger partial charge in [-0.2, -0.15) is 4.68 Å². The lowest BCUT2D eigenvalue weighted by atomic mass is 9.90. The summed E-state index contributed by atoms with van der Waals surface area (Å²) in [7, 11) is 1.27. The number of imidazole rings is 1. The van der Waals surface area contributed by atoms with Crippen molar-refractivity contribution in [1.29, 1.82) is 0 Å². The van der Waals surface area contributed by atoms with E-state index in [4.69, 9.17) is 16.3 Å². The summed E-state index contributed by atoms with van der Waals surface area (Å²) in [4.78, 5) is 44.9. The largest absolute Gasteiger partial charge is 0.481 e. The molecule has 2 aromatic heterocycles. The first-order chi connectivity index (χ1) is 20.8. The quantitative estimate of drug-likeness (QED) is 0.229. The molecule has 13 nitrogen and oxygen atoms in total. The van der Waals surface area contributed by atoms with Gasteiger partial charge in [0.05, 0.1) is 36.6 Å². The maximum Gasteiger partial charge on any atom is 0.411 e. The number of nitrogens with zero attached hydrogens (tertiary/aromatic N) is 5. The van der Waals surface area contributed by atoms with E-state index in [1.165, 1.54) is 24.2 Å². The molecule has 2 bridgehead atoms. The highest BCUT2D eigenvalue weighted by atomic mass is 35.5. The first-order valence-electron chi connectivity index (χ1n) is 13.6. The van der Waals surface area contributed by atoms with Crippen molar-refractivity contribution in [2.45, 2.75) is 38.1 Å². The Morgan fingerprint density at radius 1 is 1.16 bits per heavy atom. The van der Waals surface area contributed by atoms with Gasteiger partial charge in [-0.3, -0.25) is 14.9 Å². The number of anilines is 1. The van der Waals surface area contributed by atoms with Crippen LogP contribution in [0.4, 0.5) is 10.5 Å². The van der Waals surface area contributed by atoms with Crippen LogP contribution in [0.2, 0.25) is 5.02 Å². The average molecular weight is 605 g/mol. The zero-order chi connectivity index (χ0) is 30.3. The molecule has 43 heavy (non-hydrogen) atoms. The number of nitrogens with one attached hydrogen (secondary N) is 3. The van der Waals surface area contributed by atoms with E-state index in [-0.39, 0.29) is 12.3 Å². The minimum absolute atomic E-state index is 0.275. The van der Waals surface area contributed by atoms with Gasteiger partial charge >= 0.3 is 12.1 Å². The Hall–Kier alpha value is -5.04. The van der Waals surface area contributed by atoms with E-state index in [1.807, 2.05) is 0 Å². The number of rotatable bonds is 6. The predicted molar refractivity (Wildman–Crippen MR) is 157 cm³/mol. The van der Waals surface area contributed by atoms with Crippen molar-refractivity contribution in [3.8, 4) is 16.9 Å². The number of aromatic nitrogens is 6. The number of aliphatic carboxylic acids is 1. The highest BCUT2D eigenvalue weighted by Crippen LogP contribution is 2.32. The minimum Gasteiger partial charge on any atom is -0.481 e. The molecule has 4 aromatic rings. The molecule has 0 aliphatic carbocycles. The summed E-state index contributed by atoms with van der Waals surface area (Å²) in [5.74, 6) is -1.29. The van der Waals surface area contributed by atoms with Crippen LogP contribution >= 0.6 is 11.6 Å². The second kappa shape index (κ2) is 13.3. The summed E-state index contributed by atoms with van der Waals surface area (Å²) in [5, 5.41) is 27.3. The summed E-state index contributed by atoms with van der Waals surface area (Å²) in [6.45, 7) is 0. The van der Waals surface area contributed by atoms with Crippen LogP contribution in [0, 0.1) is 5.92 Å². The number of carbonyl (C=O) groups excluding carboxylic acids is 2. The van der Waals surface area contributed by atoms with E-state index in [1.54, 1.807) is 48.7 Å². The van der Waals surface area contributed by atoms with Gasteiger partial charge in [0.1, 0.15) is 12.2 Å². The Morgan fingerprint density at radius 3 is 2.77 bits per heavy atom. The van der Waals surface area contributed by atoms with E-state index in [0.29, 0.717) is 59.2 Å². The van der Waals surface area contributed by atoms with Crippen LogP contribution in [-0.4, -0.2) is 60.4 Å². The summed E-state index contributed by atoms with van der Waals surface area (Å²) in [6, 6.07) is 9.98. The van der Waals surface area contributed by atoms with Gasteiger partial charge in [-0.05, 0) is 71.7 Å². The maximum absolute atomic E-state index is 13.1. The summed E-state index contributed by atoms with van der Waals surface area (Å²) < 4.78 is 6.17. The molecule has 4 N–H and O–H groups in total. The van der Waals surface area contributed by atoms with Gasteiger partial charge in [0.15, 0.2) is 0 Å². The van der Waals surface area contributed by atoms with Crippen molar-refractivity contribution in [1.82, 2.24) is 35.5 Å². The normalized spacial score (nSPS) is 16.9. The average Bonchev–Trinajstić information content (AvgIpc) is 3.70. The first-order valence-corrected chi connectivity index (χ1v) is 14.0.